The number of carbonyl (C=O) groups excluding carboxylic acids is 1. The zero-order valence-electron chi connectivity index (χ0n) is 14.9. The van der Waals surface area contributed by atoms with Gasteiger partial charge in [0.1, 0.15) is 5.82 Å². The average Bonchev–Trinajstić information content (AvgIpc) is 2.68. The molecule has 5 nitrogen and oxygen atoms in total. The van der Waals surface area contributed by atoms with Crippen LogP contribution in [0.2, 0.25) is 0 Å². The molecule has 0 fully saturated rings. The summed E-state index contributed by atoms with van der Waals surface area (Å²) in [5.41, 5.74) is 1.44. The molecule has 27 heavy (non-hydrogen) atoms. The number of methoxy groups -OCH3 is 1. The Hall–Kier alpha value is -2.59. The molecular weight excluding hydrogens is 415 g/mol. The Morgan fingerprint density at radius 2 is 2.07 bits per heavy atom. The minimum atomic E-state index is -0.304. The lowest BCUT2D eigenvalue weighted by atomic mass is 10.1. The third-order valence-electron chi connectivity index (χ3n) is 3.82. The zero-order chi connectivity index (χ0) is 19.6. The first-order chi connectivity index (χ1) is 13.0. The molecule has 0 saturated heterocycles. The third-order valence-corrected chi connectivity index (χ3v) is 4.43. The smallest absolute Gasteiger partial charge is 0.220 e. The van der Waals surface area contributed by atoms with Crippen LogP contribution < -0.4 is 14.8 Å². The van der Waals surface area contributed by atoms with E-state index in [4.69, 9.17) is 14.7 Å². The van der Waals surface area contributed by atoms with E-state index in [0.717, 1.165) is 5.56 Å². The molecule has 2 rings (SSSR count). The summed E-state index contributed by atoms with van der Waals surface area (Å²) in [5, 5.41) is 11.7. The highest BCUT2D eigenvalue weighted by atomic mass is 79.9. The molecule has 0 saturated carbocycles. The van der Waals surface area contributed by atoms with Crippen LogP contribution in [0.25, 0.3) is 0 Å². The second-order valence-electron chi connectivity index (χ2n) is 5.78. The Bertz CT molecular complexity index is 836. The van der Waals surface area contributed by atoms with E-state index >= 15 is 0 Å². The molecule has 2 aromatic carbocycles. The minimum Gasteiger partial charge on any atom is -0.493 e. The number of hydrogen-bond donors (Lipinski definition) is 1. The number of nitrogens with one attached hydrogen (secondary N) is 1. The van der Waals surface area contributed by atoms with Crippen LogP contribution in [-0.4, -0.2) is 26.2 Å². The van der Waals surface area contributed by atoms with E-state index in [2.05, 4.69) is 21.2 Å². The van der Waals surface area contributed by atoms with Gasteiger partial charge in [0.05, 0.1) is 29.8 Å². The second-order valence-corrected chi connectivity index (χ2v) is 6.63. The van der Waals surface area contributed by atoms with Crippen molar-refractivity contribution in [2.75, 3.05) is 20.3 Å². The van der Waals surface area contributed by atoms with Gasteiger partial charge in [0.25, 0.3) is 0 Å². The van der Waals surface area contributed by atoms with Crippen molar-refractivity contribution in [2.24, 2.45) is 0 Å². The number of hydrogen-bond acceptors (Lipinski definition) is 4. The van der Waals surface area contributed by atoms with Gasteiger partial charge in [0.2, 0.25) is 5.91 Å². The number of ether oxygens (including phenoxy) is 2. The molecule has 1 amide bonds. The van der Waals surface area contributed by atoms with Gasteiger partial charge in [-0.25, -0.2) is 4.39 Å². The Morgan fingerprint density at radius 3 is 2.78 bits per heavy atom. The fraction of sp³-hybridized carbons (Fsp3) is 0.300. The van der Waals surface area contributed by atoms with Gasteiger partial charge in [-0.1, -0.05) is 6.07 Å². The Morgan fingerprint density at radius 1 is 1.26 bits per heavy atom. The molecule has 0 aromatic heterocycles. The van der Waals surface area contributed by atoms with Gasteiger partial charge in [-0.2, -0.15) is 5.26 Å². The Kier molecular flexibility index (Phi) is 8.08. The highest BCUT2D eigenvalue weighted by molar-refractivity contribution is 9.10. The van der Waals surface area contributed by atoms with Crippen molar-refractivity contribution in [3.63, 3.8) is 0 Å². The topological polar surface area (TPSA) is 71.3 Å². The number of rotatable bonds is 9. The summed E-state index contributed by atoms with van der Waals surface area (Å²) < 4.78 is 24.4. The van der Waals surface area contributed by atoms with Gasteiger partial charge in [0.15, 0.2) is 11.5 Å². The fourth-order valence-corrected chi connectivity index (χ4v) is 2.83. The molecular formula is C20H20BrFN2O3. The molecule has 0 aliphatic rings. The van der Waals surface area contributed by atoms with Crippen molar-refractivity contribution in [2.45, 2.75) is 19.3 Å². The lowest BCUT2D eigenvalue weighted by Gasteiger charge is -2.11. The van der Waals surface area contributed by atoms with Crippen LogP contribution in [0.1, 0.15) is 24.0 Å². The van der Waals surface area contributed by atoms with E-state index in [1.54, 1.807) is 30.3 Å². The van der Waals surface area contributed by atoms with E-state index in [1.807, 2.05) is 6.07 Å². The molecule has 1 N–H and O–H groups in total. The van der Waals surface area contributed by atoms with Crippen molar-refractivity contribution in [1.29, 1.82) is 5.26 Å². The molecule has 2 aromatic rings. The van der Waals surface area contributed by atoms with Crippen molar-refractivity contribution in [3.8, 4) is 17.6 Å². The summed E-state index contributed by atoms with van der Waals surface area (Å²) in [6.45, 7) is 0.849. The summed E-state index contributed by atoms with van der Waals surface area (Å²) in [6, 6.07) is 11.8. The fourth-order valence-electron chi connectivity index (χ4n) is 2.40. The van der Waals surface area contributed by atoms with Crippen LogP contribution in [0.15, 0.2) is 40.9 Å². The van der Waals surface area contributed by atoms with Crippen molar-refractivity contribution >= 4 is 21.8 Å². The van der Waals surface area contributed by atoms with Crippen molar-refractivity contribution < 1.29 is 18.7 Å². The first-order valence-electron chi connectivity index (χ1n) is 8.45. The standard InChI is InChI=1S/C20H20BrFN2O3/c1-26-19-12-15(13-23)5-7-18(19)27-10-2-3-20(25)24-9-8-14-4-6-17(22)16(21)11-14/h4-7,11-12H,2-3,8-10H2,1H3,(H,24,25). The average molecular weight is 435 g/mol. The van der Waals surface area contributed by atoms with Crippen LogP contribution in [0.5, 0.6) is 11.5 Å². The molecule has 0 spiro atoms. The molecule has 142 valence electrons. The van der Waals surface area contributed by atoms with Crippen molar-refractivity contribution in [3.05, 3.63) is 57.8 Å². The lowest BCUT2D eigenvalue weighted by Crippen LogP contribution is -2.25. The van der Waals surface area contributed by atoms with Gasteiger partial charge in [0, 0.05) is 19.0 Å². The maximum atomic E-state index is 13.2. The van der Waals surface area contributed by atoms with Crippen LogP contribution in [0.4, 0.5) is 4.39 Å². The maximum Gasteiger partial charge on any atom is 0.220 e. The van der Waals surface area contributed by atoms with Crippen LogP contribution in [-0.2, 0) is 11.2 Å². The SMILES string of the molecule is COc1cc(C#N)ccc1OCCCC(=O)NCCc1ccc(F)c(Br)c1. The van der Waals surface area contributed by atoms with Crippen LogP contribution in [0.3, 0.4) is 0 Å². The predicted octanol–water partition coefficient (Wildman–Crippen LogP) is 3.99. The monoisotopic (exact) mass is 434 g/mol. The summed E-state index contributed by atoms with van der Waals surface area (Å²) in [7, 11) is 1.51. The van der Waals surface area contributed by atoms with E-state index in [9.17, 15) is 9.18 Å². The Balaban J connectivity index is 1.67. The first kappa shape index (κ1) is 20.7. The predicted molar refractivity (Wildman–Crippen MR) is 103 cm³/mol. The van der Waals surface area contributed by atoms with Gasteiger partial charge < -0.3 is 14.8 Å². The van der Waals surface area contributed by atoms with Gasteiger partial charge >= 0.3 is 0 Å². The first-order valence-corrected chi connectivity index (χ1v) is 9.24. The normalized spacial score (nSPS) is 10.1. The quantitative estimate of drug-likeness (QED) is 0.605. The number of nitriles is 1. The molecule has 0 heterocycles. The molecule has 7 heteroatoms. The van der Waals surface area contributed by atoms with E-state index < -0.39 is 0 Å². The number of halogens is 2. The summed E-state index contributed by atoms with van der Waals surface area (Å²) in [4.78, 5) is 11.9. The number of amides is 1. The molecule has 0 atom stereocenters. The molecule has 0 radical (unpaired) electrons. The summed E-state index contributed by atoms with van der Waals surface area (Å²) in [6.07, 6.45) is 1.52. The largest absolute Gasteiger partial charge is 0.493 e. The highest BCUT2D eigenvalue weighted by Gasteiger charge is 2.07. The molecule has 0 aliphatic carbocycles. The maximum absolute atomic E-state index is 13.2. The summed E-state index contributed by atoms with van der Waals surface area (Å²) in [5.74, 6) is 0.663. The van der Waals surface area contributed by atoms with E-state index in [-0.39, 0.29) is 11.7 Å². The Labute approximate surface area is 166 Å². The van der Waals surface area contributed by atoms with Crippen LogP contribution >= 0.6 is 15.9 Å². The minimum absolute atomic E-state index is 0.0634. The molecule has 0 aliphatic heterocycles. The van der Waals surface area contributed by atoms with E-state index in [1.165, 1.54) is 13.2 Å². The highest BCUT2D eigenvalue weighted by Crippen LogP contribution is 2.27. The lowest BCUT2D eigenvalue weighted by molar-refractivity contribution is -0.121. The third kappa shape index (κ3) is 6.57. The zero-order valence-corrected chi connectivity index (χ0v) is 16.5. The second kappa shape index (κ2) is 10.5. The van der Waals surface area contributed by atoms with Gasteiger partial charge in [-0.3, -0.25) is 4.79 Å². The van der Waals surface area contributed by atoms with Crippen molar-refractivity contribution in [1.82, 2.24) is 5.32 Å². The van der Waals surface area contributed by atoms with Crippen LogP contribution in [0, 0.1) is 17.1 Å². The number of nitrogens with zero attached hydrogens (tertiary/aromatic N) is 1. The van der Waals surface area contributed by atoms with Gasteiger partial charge in [-0.05, 0) is 58.6 Å². The number of carbonyl (C=O) groups is 1. The molecule has 0 bridgehead atoms. The van der Waals surface area contributed by atoms with E-state index in [0.29, 0.717) is 53.9 Å². The van der Waals surface area contributed by atoms with Gasteiger partial charge in [-0.15, -0.1) is 0 Å². The molecule has 0 unspecified atom stereocenters. The number of benzene rings is 2. The summed E-state index contributed by atoms with van der Waals surface area (Å²) >= 11 is 3.15.